The third-order valence-electron chi connectivity index (χ3n) is 17.6. The van der Waals surface area contributed by atoms with Crippen LogP contribution in [0, 0.1) is 46.5 Å². The van der Waals surface area contributed by atoms with E-state index in [4.69, 9.17) is 9.72 Å². The molecule has 5 heterocycles. The van der Waals surface area contributed by atoms with Crippen molar-refractivity contribution in [2.45, 2.75) is 80.1 Å². The van der Waals surface area contributed by atoms with E-state index in [0.717, 1.165) is 73.6 Å². The van der Waals surface area contributed by atoms with Crippen LogP contribution in [0.1, 0.15) is 74.9 Å². The van der Waals surface area contributed by atoms with Crippen molar-refractivity contribution in [2.24, 2.45) is 0 Å². The van der Waals surface area contributed by atoms with E-state index in [1.807, 2.05) is 18.3 Å². The van der Waals surface area contributed by atoms with Gasteiger partial charge in [-0.3, -0.25) is 0 Å². The Morgan fingerprint density at radius 3 is 1.41 bits per heavy atom. The molecule has 2 aliphatic rings. The van der Waals surface area contributed by atoms with E-state index < -0.39 is 0 Å². The van der Waals surface area contributed by atoms with Crippen molar-refractivity contribution in [1.82, 2.24) is 14.1 Å². The van der Waals surface area contributed by atoms with Gasteiger partial charge in [0.2, 0.25) is 0 Å². The molecule has 0 unspecified atom stereocenters. The third-order valence-corrected chi connectivity index (χ3v) is 17.6. The maximum absolute atomic E-state index is 6.99. The molecule has 426 valence electrons. The molecule has 10 aromatic carbocycles. The van der Waals surface area contributed by atoms with Crippen molar-refractivity contribution in [3.05, 3.63) is 259 Å². The number of aryl methyl sites for hydroxylation is 4. The Hall–Kier alpha value is -9.16. The van der Waals surface area contributed by atoms with Crippen molar-refractivity contribution in [1.29, 1.82) is 0 Å². The number of anilines is 7. The molecule has 0 fully saturated rings. The molecule has 86 heavy (non-hydrogen) atoms. The maximum atomic E-state index is 6.99. The van der Waals surface area contributed by atoms with E-state index in [1.165, 1.54) is 77.0 Å². The molecule has 0 bridgehead atoms. The van der Waals surface area contributed by atoms with Gasteiger partial charge in [-0.2, -0.15) is 12.1 Å². The number of rotatable bonds is 7. The maximum Gasteiger partial charge on any atom is 0.135 e. The predicted molar refractivity (Wildman–Crippen MR) is 354 cm³/mol. The Bertz CT molecular complexity index is 4630. The van der Waals surface area contributed by atoms with Crippen LogP contribution in [0.4, 0.5) is 39.9 Å². The zero-order valence-corrected chi connectivity index (χ0v) is 52.4. The van der Waals surface area contributed by atoms with E-state index in [-0.39, 0.29) is 31.9 Å². The number of para-hydroxylation sites is 7. The number of fused-ring (bicyclic) bond motifs is 12. The predicted octanol–water partition coefficient (Wildman–Crippen LogP) is 21.0. The van der Waals surface area contributed by atoms with Gasteiger partial charge in [-0.05, 0) is 120 Å². The van der Waals surface area contributed by atoms with E-state index in [2.05, 4.69) is 300 Å². The number of nitrogens with zero attached hydrogens (tertiary/aromatic N) is 6. The fourth-order valence-electron chi connectivity index (χ4n) is 13.4. The van der Waals surface area contributed by atoms with Crippen LogP contribution in [0.3, 0.4) is 0 Å². The summed E-state index contributed by atoms with van der Waals surface area (Å²) in [7, 11) is 0. The minimum atomic E-state index is -0.224. The minimum absolute atomic E-state index is 0. The van der Waals surface area contributed by atoms with Crippen LogP contribution in [0.2, 0.25) is 0 Å². The second-order valence-corrected chi connectivity index (χ2v) is 25.2. The Morgan fingerprint density at radius 2 is 0.872 bits per heavy atom. The quantitative estimate of drug-likeness (QED) is 0.149. The first kappa shape index (κ1) is 54.8. The number of hydrogen-bond donors (Lipinski definition) is 0. The molecular formula is C78H65N6OPt-3. The normalized spacial score (nSPS) is 13.0. The van der Waals surface area contributed by atoms with Crippen molar-refractivity contribution in [3.63, 3.8) is 0 Å². The summed E-state index contributed by atoms with van der Waals surface area (Å²) in [5.41, 5.74) is 24.2. The van der Waals surface area contributed by atoms with Crippen LogP contribution in [0.25, 0.3) is 77.2 Å². The summed E-state index contributed by atoms with van der Waals surface area (Å²) >= 11 is 0. The van der Waals surface area contributed by atoms with Crippen molar-refractivity contribution in [3.8, 4) is 45.1 Å². The minimum Gasteiger partial charge on any atom is -0.509 e. The first-order valence-corrected chi connectivity index (χ1v) is 29.5. The van der Waals surface area contributed by atoms with Gasteiger partial charge in [0.15, 0.2) is 0 Å². The summed E-state index contributed by atoms with van der Waals surface area (Å²) in [6, 6.07) is 80.2. The molecule has 7 nitrogen and oxygen atoms in total. The van der Waals surface area contributed by atoms with Crippen LogP contribution in [-0.4, -0.2) is 14.1 Å². The monoisotopic (exact) mass is 1300 g/mol. The summed E-state index contributed by atoms with van der Waals surface area (Å²) in [5.74, 6) is 1.94. The van der Waals surface area contributed by atoms with Gasteiger partial charge >= 0.3 is 0 Å². The van der Waals surface area contributed by atoms with Gasteiger partial charge in [0.1, 0.15) is 5.82 Å². The molecule has 2 aliphatic heterocycles. The van der Waals surface area contributed by atoms with E-state index >= 15 is 0 Å². The van der Waals surface area contributed by atoms with Gasteiger partial charge in [-0.1, -0.05) is 180 Å². The van der Waals surface area contributed by atoms with Gasteiger partial charge < -0.3 is 28.6 Å². The molecule has 0 aliphatic carbocycles. The second-order valence-electron chi connectivity index (χ2n) is 25.2. The van der Waals surface area contributed by atoms with E-state index in [9.17, 15) is 0 Å². The SMILES string of the molecule is Cc1cccc2c3cccc(C)c3n(-c3cc(C(C)(C)C)cc(-n4c5c(C)cccc5c5cccc(C)c54)c3N3[CH-]N(c4[c-]c(Oc5[c-]c6c(cc5)-c5ccccc5-c5ccccc5N6c5cc(C(C)(C)C)ccn5)ccc4)c4ccccc43)c12.[Pt]. The fourth-order valence-corrected chi connectivity index (χ4v) is 13.4. The summed E-state index contributed by atoms with van der Waals surface area (Å²) in [6.07, 6.45) is 1.92. The molecular weight excluding hydrogens is 1230 g/mol. The van der Waals surface area contributed by atoms with Gasteiger partial charge in [-0.15, -0.1) is 48.3 Å². The number of pyridine rings is 1. The van der Waals surface area contributed by atoms with Crippen LogP contribution >= 0.6 is 0 Å². The van der Waals surface area contributed by atoms with Gasteiger partial charge in [-0.25, -0.2) is 4.98 Å². The fraction of sp³-hybridized carbons (Fsp3) is 0.154. The standard InChI is InChI=1S/C78H65N6O.Pt/c1-48-22-17-31-61-62-32-18-23-49(2)73(62)83(72(48)61)69-42-53(78(8,9)10)43-70(84-74-50(3)24-19-33-63(74)64-34-20-25-51(4)75(64)84)76(69)81-47-80(66-36-15-16-37-67(66)81)54-26-21-27-55(45-54)85-56-38-39-60-58-29-12-11-28-57(58)59-30-13-14-35-65(59)82(68(60)46-56)71-44-52(40-41-79-71)77(5,6)7;/h11-44,47H,1-10H3;/q-3;. The topological polar surface area (TPSA) is 41.7 Å². The van der Waals surface area contributed by atoms with Crippen molar-refractivity contribution in [2.75, 3.05) is 14.7 Å². The zero-order valence-electron chi connectivity index (χ0n) is 50.1. The Balaban J connectivity index is 0.00000653. The van der Waals surface area contributed by atoms with Gasteiger partial charge in [0, 0.05) is 77.2 Å². The van der Waals surface area contributed by atoms with E-state index in [0.29, 0.717) is 11.5 Å². The molecule has 0 saturated carbocycles. The molecule has 0 amide bonds. The number of hydrogen-bond acceptors (Lipinski definition) is 5. The molecule has 0 spiro atoms. The van der Waals surface area contributed by atoms with Crippen LogP contribution in [0.15, 0.2) is 206 Å². The van der Waals surface area contributed by atoms with Crippen LogP contribution in [-0.2, 0) is 31.9 Å². The van der Waals surface area contributed by atoms with Gasteiger partial charge in [0.05, 0.1) is 44.8 Å². The largest absolute Gasteiger partial charge is 0.509 e. The molecule has 13 aromatic rings. The smallest absolute Gasteiger partial charge is 0.135 e. The molecule has 0 radical (unpaired) electrons. The first-order valence-electron chi connectivity index (χ1n) is 29.5. The number of ether oxygens (including phenoxy) is 1. The Labute approximate surface area is 518 Å². The summed E-state index contributed by atoms with van der Waals surface area (Å²) in [4.78, 5) is 12.0. The molecule has 3 aromatic heterocycles. The van der Waals surface area contributed by atoms with Gasteiger partial charge in [0.25, 0.3) is 0 Å². The average molecular weight is 1300 g/mol. The van der Waals surface area contributed by atoms with Crippen LogP contribution < -0.4 is 19.4 Å². The van der Waals surface area contributed by atoms with E-state index in [1.54, 1.807) is 0 Å². The number of aromatic nitrogens is 3. The molecule has 0 atom stereocenters. The Kier molecular flexibility index (Phi) is 13.1. The van der Waals surface area contributed by atoms with Crippen molar-refractivity contribution < 1.29 is 25.8 Å². The second kappa shape index (κ2) is 20.5. The third kappa shape index (κ3) is 8.68. The molecule has 15 rings (SSSR count). The first-order chi connectivity index (χ1) is 41.1. The summed E-state index contributed by atoms with van der Waals surface area (Å²) in [5, 5.41) is 4.93. The summed E-state index contributed by atoms with van der Waals surface area (Å²) in [6.45, 7) is 25.0. The average Bonchev–Trinajstić information content (AvgIpc) is 1.54. The van der Waals surface area contributed by atoms with Crippen LogP contribution in [0.5, 0.6) is 11.5 Å². The van der Waals surface area contributed by atoms with Crippen molar-refractivity contribution >= 4 is 83.6 Å². The number of benzene rings is 10. The molecule has 0 N–H and O–H groups in total. The molecule has 0 saturated heterocycles. The Morgan fingerprint density at radius 1 is 0.407 bits per heavy atom. The molecule has 8 heteroatoms. The zero-order chi connectivity index (χ0) is 58.2. The summed E-state index contributed by atoms with van der Waals surface area (Å²) < 4.78 is 12.1.